The van der Waals surface area contributed by atoms with Crippen molar-refractivity contribution in [2.24, 2.45) is 0 Å². The zero-order chi connectivity index (χ0) is 13.3. The number of H-pyrrole nitrogens is 1. The van der Waals surface area contributed by atoms with Gasteiger partial charge >= 0.3 is 0 Å². The number of nitrogens with one attached hydrogen (secondary N) is 2. The first-order valence-electron chi connectivity index (χ1n) is 5.27. The maximum absolute atomic E-state index is 12.1. The van der Waals surface area contributed by atoms with Crippen molar-refractivity contribution in [3.05, 3.63) is 44.6 Å². The van der Waals surface area contributed by atoms with Crippen molar-refractivity contribution in [1.82, 2.24) is 10.2 Å². The molecular formula is C12H11BrClN3O. The van der Waals surface area contributed by atoms with E-state index in [-0.39, 0.29) is 5.91 Å². The van der Waals surface area contributed by atoms with Crippen molar-refractivity contribution < 1.29 is 4.79 Å². The maximum Gasteiger partial charge on any atom is 0.257 e. The Morgan fingerprint density at radius 3 is 2.78 bits per heavy atom. The lowest BCUT2D eigenvalue weighted by molar-refractivity contribution is 0.102. The summed E-state index contributed by atoms with van der Waals surface area (Å²) in [7, 11) is 0. The zero-order valence-electron chi connectivity index (χ0n) is 9.84. The first kappa shape index (κ1) is 13.1. The van der Waals surface area contributed by atoms with Crippen LogP contribution in [0.25, 0.3) is 0 Å². The summed E-state index contributed by atoms with van der Waals surface area (Å²) in [5, 5.41) is 10.0. The highest BCUT2D eigenvalue weighted by atomic mass is 79.9. The molecule has 0 unspecified atom stereocenters. The summed E-state index contributed by atoms with van der Waals surface area (Å²) in [5.41, 5.74) is 2.67. The van der Waals surface area contributed by atoms with E-state index in [1.54, 1.807) is 18.2 Å². The first-order valence-corrected chi connectivity index (χ1v) is 6.44. The summed E-state index contributed by atoms with van der Waals surface area (Å²) in [6.07, 6.45) is 0. The molecule has 18 heavy (non-hydrogen) atoms. The largest absolute Gasteiger partial charge is 0.319 e. The Kier molecular flexibility index (Phi) is 3.73. The minimum Gasteiger partial charge on any atom is -0.319 e. The number of nitrogens with zero attached hydrogens (tertiary/aromatic N) is 1. The molecule has 0 radical (unpaired) electrons. The predicted molar refractivity (Wildman–Crippen MR) is 75.2 cm³/mol. The number of carbonyl (C=O) groups is 1. The van der Waals surface area contributed by atoms with Gasteiger partial charge in [-0.2, -0.15) is 5.10 Å². The average molecular weight is 329 g/mol. The normalized spacial score (nSPS) is 10.4. The van der Waals surface area contributed by atoms with Crippen molar-refractivity contribution in [3.63, 3.8) is 0 Å². The molecule has 94 valence electrons. The Morgan fingerprint density at radius 1 is 1.44 bits per heavy atom. The molecule has 2 rings (SSSR count). The summed E-state index contributed by atoms with van der Waals surface area (Å²) in [6, 6.07) is 5.22. The predicted octanol–water partition coefficient (Wildman–Crippen LogP) is 3.69. The molecule has 6 heteroatoms. The third-order valence-corrected chi connectivity index (χ3v) is 3.86. The van der Waals surface area contributed by atoms with E-state index in [1.165, 1.54) is 0 Å². The lowest BCUT2D eigenvalue weighted by Gasteiger charge is -2.07. The van der Waals surface area contributed by atoms with Gasteiger partial charge in [-0.25, -0.2) is 0 Å². The number of amides is 1. The molecule has 0 aliphatic carbocycles. The molecule has 4 nitrogen and oxygen atoms in total. The summed E-state index contributed by atoms with van der Waals surface area (Å²) >= 11 is 9.37. The standard InChI is InChI=1S/C12H11BrClN3O/c1-6-11(7(2)17-16-6)15-12(18)8-4-3-5-9(13)10(8)14/h3-5H,1-2H3,(H,15,18)(H,16,17). The zero-order valence-corrected chi connectivity index (χ0v) is 12.2. The minimum absolute atomic E-state index is 0.256. The van der Waals surface area contributed by atoms with Gasteiger partial charge in [0.2, 0.25) is 0 Å². The topological polar surface area (TPSA) is 57.8 Å². The third-order valence-electron chi connectivity index (χ3n) is 2.56. The van der Waals surface area contributed by atoms with Gasteiger partial charge in [-0.3, -0.25) is 9.89 Å². The van der Waals surface area contributed by atoms with Gasteiger partial charge in [0.15, 0.2) is 0 Å². The molecule has 0 fully saturated rings. The quantitative estimate of drug-likeness (QED) is 0.883. The molecule has 1 aromatic heterocycles. The SMILES string of the molecule is Cc1n[nH]c(C)c1NC(=O)c1cccc(Br)c1Cl. The van der Waals surface area contributed by atoms with E-state index in [9.17, 15) is 4.79 Å². The van der Waals surface area contributed by atoms with E-state index in [4.69, 9.17) is 11.6 Å². The van der Waals surface area contributed by atoms with Crippen LogP contribution in [0.3, 0.4) is 0 Å². The van der Waals surface area contributed by atoms with E-state index in [0.717, 1.165) is 11.4 Å². The van der Waals surface area contributed by atoms with Gasteiger partial charge in [-0.15, -0.1) is 0 Å². The second kappa shape index (κ2) is 5.12. The number of aryl methyl sites for hydroxylation is 2. The van der Waals surface area contributed by atoms with Crippen LogP contribution in [0, 0.1) is 13.8 Å². The Hall–Kier alpha value is -1.33. The number of carbonyl (C=O) groups excluding carboxylic acids is 1. The van der Waals surface area contributed by atoms with E-state index in [0.29, 0.717) is 20.7 Å². The van der Waals surface area contributed by atoms with Crippen LogP contribution in [-0.2, 0) is 0 Å². The molecule has 0 saturated carbocycles. The summed E-state index contributed by atoms with van der Waals surface area (Å²) in [6.45, 7) is 3.67. The van der Waals surface area contributed by atoms with E-state index in [2.05, 4.69) is 31.4 Å². The number of aromatic amines is 1. The van der Waals surface area contributed by atoms with Crippen LogP contribution >= 0.6 is 27.5 Å². The average Bonchev–Trinajstić information content (AvgIpc) is 2.64. The number of aromatic nitrogens is 2. The fourth-order valence-electron chi connectivity index (χ4n) is 1.60. The molecular weight excluding hydrogens is 318 g/mol. The van der Waals surface area contributed by atoms with E-state index >= 15 is 0 Å². The highest BCUT2D eigenvalue weighted by Crippen LogP contribution is 2.27. The van der Waals surface area contributed by atoms with Gasteiger partial charge in [-0.1, -0.05) is 17.7 Å². The van der Waals surface area contributed by atoms with Crippen LogP contribution < -0.4 is 5.32 Å². The van der Waals surface area contributed by atoms with Gasteiger partial charge in [0.25, 0.3) is 5.91 Å². The van der Waals surface area contributed by atoms with Crippen molar-refractivity contribution in [2.45, 2.75) is 13.8 Å². The molecule has 1 aromatic carbocycles. The van der Waals surface area contributed by atoms with Crippen molar-refractivity contribution >= 4 is 39.1 Å². The molecule has 1 amide bonds. The van der Waals surface area contributed by atoms with Crippen molar-refractivity contribution in [1.29, 1.82) is 0 Å². The Bertz CT molecular complexity index is 590. The number of halogens is 2. The lowest BCUT2D eigenvalue weighted by Crippen LogP contribution is -2.13. The number of hydrogen-bond acceptors (Lipinski definition) is 2. The summed E-state index contributed by atoms with van der Waals surface area (Å²) in [5.74, 6) is -0.256. The van der Waals surface area contributed by atoms with Crippen LogP contribution in [0.2, 0.25) is 5.02 Å². The van der Waals surface area contributed by atoms with Crippen LogP contribution in [-0.4, -0.2) is 16.1 Å². The smallest absolute Gasteiger partial charge is 0.257 e. The van der Waals surface area contributed by atoms with Crippen LogP contribution in [0.5, 0.6) is 0 Å². The molecule has 2 aromatic rings. The van der Waals surface area contributed by atoms with Crippen molar-refractivity contribution in [3.8, 4) is 0 Å². The third kappa shape index (κ3) is 2.42. The number of anilines is 1. The molecule has 0 spiro atoms. The fraction of sp³-hybridized carbons (Fsp3) is 0.167. The van der Waals surface area contributed by atoms with Gasteiger partial charge in [0, 0.05) is 4.47 Å². The second-order valence-electron chi connectivity index (χ2n) is 3.86. The molecule has 1 heterocycles. The summed E-state index contributed by atoms with van der Waals surface area (Å²) < 4.78 is 0.692. The maximum atomic E-state index is 12.1. The highest BCUT2D eigenvalue weighted by molar-refractivity contribution is 9.10. The molecule has 0 bridgehead atoms. The van der Waals surface area contributed by atoms with Gasteiger partial charge < -0.3 is 5.32 Å². The Labute approximate surface area is 118 Å². The van der Waals surface area contributed by atoms with Crippen LogP contribution in [0.4, 0.5) is 5.69 Å². The van der Waals surface area contributed by atoms with Crippen LogP contribution in [0.15, 0.2) is 22.7 Å². The summed E-state index contributed by atoms with van der Waals surface area (Å²) in [4.78, 5) is 12.1. The lowest BCUT2D eigenvalue weighted by atomic mass is 10.2. The molecule has 0 atom stereocenters. The Morgan fingerprint density at radius 2 is 2.17 bits per heavy atom. The fourth-order valence-corrected chi connectivity index (χ4v) is 2.17. The molecule has 0 aliphatic heterocycles. The number of hydrogen-bond donors (Lipinski definition) is 2. The van der Waals surface area contributed by atoms with Crippen LogP contribution in [0.1, 0.15) is 21.7 Å². The minimum atomic E-state index is -0.256. The molecule has 0 saturated heterocycles. The first-order chi connectivity index (χ1) is 8.50. The molecule has 0 aliphatic rings. The second-order valence-corrected chi connectivity index (χ2v) is 5.10. The van der Waals surface area contributed by atoms with Crippen molar-refractivity contribution in [2.75, 3.05) is 5.32 Å². The number of benzene rings is 1. The highest BCUT2D eigenvalue weighted by Gasteiger charge is 2.15. The van der Waals surface area contributed by atoms with E-state index < -0.39 is 0 Å². The van der Waals surface area contributed by atoms with Gasteiger partial charge in [0.05, 0.1) is 27.7 Å². The monoisotopic (exact) mass is 327 g/mol. The number of rotatable bonds is 2. The van der Waals surface area contributed by atoms with Gasteiger partial charge in [-0.05, 0) is 41.9 Å². The molecule has 2 N–H and O–H groups in total. The Balaban J connectivity index is 2.31. The van der Waals surface area contributed by atoms with Gasteiger partial charge in [0.1, 0.15) is 0 Å². The van der Waals surface area contributed by atoms with E-state index in [1.807, 2.05) is 13.8 Å².